The Bertz CT molecular complexity index is 96.1. The van der Waals surface area contributed by atoms with Crippen molar-refractivity contribution in [1.82, 2.24) is 4.90 Å². The van der Waals surface area contributed by atoms with E-state index in [1.165, 1.54) is 0 Å². The van der Waals surface area contributed by atoms with Crippen molar-refractivity contribution in [1.29, 1.82) is 0 Å². The van der Waals surface area contributed by atoms with Gasteiger partial charge >= 0.3 is 0 Å². The number of methoxy groups -OCH3 is 1. The van der Waals surface area contributed by atoms with Gasteiger partial charge in [0.05, 0.1) is 13.2 Å². The van der Waals surface area contributed by atoms with Crippen LogP contribution in [0.2, 0.25) is 0 Å². The third-order valence-corrected chi connectivity index (χ3v) is 1.42. The molecule has 66 valence electrons. The minimum absolute atomic E-state index is 0.192. The lowest BCUT2D eigenvalue weighted by molar-refractivity contribution is 0.138. The number of aliphatic hydroxyl groups is 1. The van der Waals surface area contributed by atoms with Crippen LogP contribution in [0.4, 0.5) is 0 Å². The second-order valence-electron chi connectivity index (χ2n) is 2.31. The van der Waals surface area contributed by atoms with Gasteiger partial charge in [0.2, 0.25) is 0 Å². The maximum atomic E-state index is 8.65. The smallest absolute Gasteiger partial charge is 0.0589 e. The fourth-order valence-corrected chi connectivity index (χ4v) is 0.839. The largest absolute Gasteiger partial charge is 0.395 e. The van der Waals surface area contributed by atoms with E-state index in [1.54, 1.807) is 7.11 Å². The van der Waals surface area contributed by atoms with E-state index in [2.05, 4.69) is 11.5 Å². The van der Waals surface area contributed by atoms with Gasteiger partial charge in [-0.15, -0.1) is 6.58 Å². The van der Waals surface area contributed by atoms with Crippen LogP contribution in [0, 0.1) is 0 Å². The molecule has 0 unspecified atom stereocenters. The molecule has 0 spiro atoms. The molecule has 0 bridgehead atoms. The summed E-state index contributed by atoms with van der Waals surface area (Å²) in [6, 6.07) is 0. The van der Waals surface area contributed by atoms with E-state index in [9.17, 15) is 0 Å². The summed E-state index contributed by atoms with van der Waals surface area (Å²) in [7, 11) is 1.67. The Balaban J connectivity index is 3.41. The Hall–Kier alpha value is -0.380. The topological polar surface area (TPSA) is 32.7 Å². The SMILES string of the molecule is C=CCN(CCO)CCOC. The van der Waals surface area contributed by atoms with Crippen LogP contribution >= 0.6 is 0 Å². The second-order valence-corrected chi connectivity index (χ2v) is 2.31. The molecule has 0 aliphatic rings. The lowest BCUT2D eigenvalue weighted by atomic mass is 10.4. The Kier molecular flexibility index (Phi) is 7.46. The Morgan fingerprint density at radius 1 is 1.55 bits per heavy atom. The first kappa shape index (κ1) is 10.6. The van der Waals surface area contributed by atoms with Crippen molar-refractivity contribution in [2.24, 2.45) is 0 Å². The minimum atomic E-state index is 0.192. The molecular weight excluding hydrogens is 142 g/mol. The molecule has 0 fully saturated rings. The van der Waals surface area contributed by atoms with Crippen LogP contribution in [-0.4, -0.2) is 50.0 Å². The predicted molar refractivity (Wildman–Crippen MR) is 45.6 cm³/mol. The molecule has 0 aliphatic heterocycles. The number of aliphatic hydroxyl groups excluding tert-OH is 1. The average Bonchev–Trinajstić information content (AvgIpc) is 2.01. The molecule has 0 rings (SSSR count). The van der Waals surface area contributed by atoms with E-state index >= 15 is 0 Å². The number of rotatable bonds is 7. The normalized spacial score (nSPS) is 10.5. The van der Waals surface area contributed by atoms with Crippen LogP contribution in [0.15, 0.2) is 12.7 Å². The molecule has 0 atom stereocenters. The van der Waals surface area contributed by atoms with Gasteiger partial charge in [-0.1, -0.05) is 6.08 Å². The van der Waals surface area contributed by atoms with Gasteiger partial charge in [-0.2, -0.15) is 0 Å². The number of hydrogen-bond acceptors (Lipinski definition) is 3. The van der Waals surface area contributed by atoms with Crippen molar-refractivity contribution in [3.8, 4) is 0 Å². The molecule has 0 amide bonds. The summed E-state index contributed by atoms with van der Waals surface area (Å²) in [6.07, 6.45) is 1.82. The molecule has 11 heavy (non-hydrogen) atoms. The third kappa shape index (κ3) is 6.04. The van der Waals surface area contributed by atoms with Crippen LogP contribution < -0.4 is 0 Å². The highest BCUT2D eigenvalue weighted by Gasteiger charge is 1.99. The quantitative estimate of drug-likeness (QED) is 0.535. The van der Waals surface area contributed by atoms with Gasteiger partial charge < -0.3 is 9.84 Å². The van der Waals surface area contributed by atoms with Crippen LogP contribution in [0.5, 0.6) is 0 Å². The van der Waals surface area contributed by atoms with Gasteiger partial charge in [-0.05, 0) is 0 Å². The minimum Gasteiger partial charge on any atom is -0.395 e. The summed E-state index contributed by atoms with van der Waals surface area (Å²) in [5.74, 6) is 0. The lowest BCUT2D eigenvalue weighted by Crippen LogP contribution is -2.30. The van der Waals surface area contributed by atoms with Crippen molar-refractivity contribution in [3.05, 3.63) is 12.7 Å². The molecule has 0 aromatic heterocycles. The second kappa shape index (κ2) is 7.72. The van der Waals surface area contributed by atoms with Crippen LogP contribution in [0.25, 0.3) is 0 Å². The van der Waals surface area contributed by atoms with E-state index in [1.807, 2.05) is 6.08 Å². The highest BCUT2D eigenvalue weighted by molar-refractivity contribution is 4.72. The Morgan fingerprint density at radius 3 is 2.73 bits per heavy atom. The number of ether oxygens (including phenoxy) is 1. The molecular formula is C8H17NO2. The standard InChI is InChI=1S/C8H17NO2/c1-3-4-9(5-7-10)6-8-11-2/h3,10H,1,4-8H2,2H3. The molecule has 0 aromatic rings. The van der Waals surface area contributed by atoms with Crippen LogP contribution in [0.1, 0.15) is 0 Å². The van der Waals surface area contributed by atoms with Crippen molar-refractivity contribution in [2.75, 3.05) is 40.0 Å². The fraction of sp³-hybridized carbons (Fsp3) is 0.750. The third-order valence-electron chi connectivity index (χ3n) is 1.42. The summed E-state index contributed by atoms with van der Waals surface area (Å²) in [5, 5.41) is 8.65. The summed E-state index contributed by atoms with van der Waals surface area (Å²) < 4.78 is 4.91. The zero-order chi connectivity index (χ0) is 8.53. The molecule has 0 heterocycles. The number of hydrogen-bond donors (Lipinski definition) is 1. The first-order chi connectivity index (χ1) is 5.35. The lowest BCUT2D eigenvalue weighted by Gasteiger charge is -2.18. The summed E-state index contributed by atoms with van der Waals surface area (Å²) in [4.78, 5) is 2.08. The van der Waals surface area contributed by atoms with Crippen molar-refractivity contribution in [3.63, 3.8) is 0 Å². The maximum absolute atomic E-state index is 8.65. The highest BCUT2D eigenvalue weighted by Crippen LogP contribution is 1.87. The Labute approximate surface area is 68.3 Å². The molecule has 0 saturated heterocycles. The predicted octanol–water partition coefficient (Wildman–Crippen LogP) is 0.113. The van der Waals surface area contributed by atoms with Gasteiger partial charge in [-0.25, -0.2) is 0 Å². The highest BCUT2D eigenvalue weighted by atomic mass is 16.5. The zero-order valence-electron chi connectivity index (χ0n) is 7.12. The molecule has 3 heteroatoms. The van der Waals surface area contributed by atoms with Gasteiger partial charge in [-0.3, -0.25) is 4.90 Å². The first-order valence-electron chi connectivity index (χ1n) is 3.78. The van der Waals surface area contributed by atoms with E-state index < -0.39 is 0 Å². The Morgan fingerprint density at radius 2 is 2.27 bits per heavy atom. The fourth-order valence-electron chi connectivity index (χ4n) is 0.839. The molecule has 0 aliphatic carbocycles. The molecule has 0 aromatic carbocycles. The van der Waals surface area contributed by atoms with Gasteiger partial charge in [0.25, 0.3) is 0 Å². The molecule has 0 radical (unpaired) electrons. The zero-order valence-corrected chi connectivity index (χ0v) is 7.12. The first-order valence-corrected chi connectivity index (χ1v) is 3.78. The van der Waals surface area contributed by atoms with Gasteiger partial charge in [0, 0.05) is 26.7 Å². The van der Waals surface area contributed by atoms with Crippen molar-refractivity contribution < 1.29 is 9.84 Å². The van der Waals surface area contributed by atoms with Gasteiger partial charge in [0.15, 0.2) is 0 Å². The van der Waals surface area contributed by atoms with Gasteiger partial charge in [0.1, 0.15) is 0 Å². The average molecular weight is 159 g/mol. The van der Waals surface area contributed by atoms with Crippen LogP contribution in [0.3, 0.4) is 0 Å². The monoisotopic (exact) mass is 159 g/mol. The summed E-state index contributed by atoms with van der Waals surface area (Å²) in [6.45, 7) is 6.87. The van der Waals surface area contributed by atoms with Crippen molar-refractivity contribution >= 4 is 0 Å². The van der Waals surface area contributed by atoms with Crippen LogP contribution in [-0.2, 0) is 4.74 Å². The van der Waals surface area contributed by atoms with E-state index in [0.717, 1.165) is 13.1 Å². The summed E-state index contributed by atoms with van der Waals surface area (Å²) >= 11 is 0. The van der Waals surface area contributed by atoms with Crippen molar-refractivity contribution in [2.45, 2.75) is 0 Å². The summed E-state index contributed by atoms with van der Waals surface area (Å²) in [5.41, 5.74) is 0. The van der Waals surface area contributed by atoms with E-state index in [4.69, 9.17) is 9.84 Å². The molecule has 0 saturated carbocycles. The maximum Gasteiger partial charge on any atom is 0.0589 e. The number of nitrogens with zero attached hydrogens (tertiary/aromatic N) is 1. The molecule has 1 N–H and O–H groups in total. The molecule has 3 nitrogen and oxygen atoms in total. The van der Waals surface area contributed by atoms with E-state index in [-0.39, 0.29) is 6.61 Å². The van der Waals surface area contributed by atoms with E-state index in [0.29, 0.717) is 13.2 Å².